The highest BCUT2D eigenvalue weighted by Crippen LogP contribution is 2.28. The van der Waals surface area contributed by atoms with Crippen molar-refractivity contribution in [1.29, 1.82) is 0 Å². The summed E-state index contributed by atoms with van der Waals surface area (Å²) >= 11 is 0. The summed E-state index contributed by atoms with van der Waals surface area (Å²) in [7, 11) is 2.13. The zero-order chi connectivity index (χ0) is 15.7. The van der Waals surface area contributed by atoms with E-state index in [0.717, 1.165) is 54.8 Å². The van der Waals surface area contributed by atoms with Crippen LogP contribution in [0.15, 0.2) is 12.4 Å². The number of rotatable bonds is 5. The minimum absolute atomic E-state index is 0.165. The third-order valence-electron chi connectivity index (χ3n) is 4.16. The fourth-order valence-electron chi connectivity index (χ4n) is 2.92. The molecule has 0 saturated heterocycles. The molecule has 0 spiro atoms. The number of aryl methyl sites for hydroxylation is 3. The van der Waals surface area contributed by atoms with Crippen LogP contribution in [0.3, 0.4) is 0 Å². The molecule has 2 aromatic rings. The zero-order valence-corrected chi connectivity index (χ0v) is 13.7. The highest BCUT2D eigenvalue weighted by atomic mass is 16.5. The molecule has 118 valence electrons. The van der Waals surface area contributed by atoms with E-state index in [9.17, 15) is 0 Å². The van der Waals surface area contributed by atoms with E-state index in [1.54, 1.807) is 0 Å². The molecule has 1 atom stereocenters. The van der Waals surface area contributed by atoms with Crippen LogP contribution in [0, 0.1) is 20.8 Å². The van der Waals surface area contributed by atoms with Crippen molar-refractivity contribution in [2.75, 3.05) is 20.1 Å². The number of imidazole rings is 1. The summed E-state index contributed by atoms with van der Waals surface area (Å²) in [5.41, 5.74) is 2.20. The Morgan fingerprint density at radius 3 is 2.86 bits per heavy atom. The topological polar surface area (TPSA) is 56.1 Å². The van der Waals surface area contributed by atoms with E-state index in [1.807, 2.05) is 33.2 Å². The van der Waals surface area contributed by atoms with Gasteiger partial charge in [-0.05, 0) is 27.8 Å². The maximum Gasteiger partial charge on any atom is 0.220 e. The number of hydrogen-bond acceptors (Lipinski definition) is 5. The largest absolute Gasteiger partial charge is 0.472 e. The number of likely N-dealkylation sites (N-methyl/N-ethyl adjacent to an activating group) is 1. The smallest absolute Gasteiger partial charge is 0.220 e. The standard InChI is InChI=1S/C16H23N5O/c1-11-15-9-14(22-16(15)19-12(2)18-11)10-20(4)7-8-21-6-5-17-13(21)3/h5-6,14H,7-10H2,1-4H3/t14-/m0/s1. The summed E-state index contributed by atoms with van der Waals surface area (Å²) in [5.74, 6) is 2.61. The third kappa shape index (κ3) is 3.11. The van der Waals surface area contributed by atoms with Gasteiger partial charge in [0.2, 0.25) is 5.88 Å². The number of aromatic nitrogens is 4. The van der Waals surface area contributed by atoms with Gasteiger partial charge in [-0.1, -0.05) is 0 Å². The van der Waals surface area contributed by atoms with E-state index in [4.69, 9.17) is 4.74 Å². The van der Waals surface area contributed by atoms with E-state index >= 15 is 0 Å². The second kappa shape index (κ2) is 6.04. The molecule has 0 N–H and O–H groups in total. The van der Waals surface area contributed by atoms with Crippen LogP contribution in [0.5, 0.6) is 5.88 Å². The SMILES string of the molecule is Cc1nc(C)c2c(n1)O[C@H](CN(C)CCn1ccnc1C)C2. The molecule has 0 unspecified atom stereocenters. The molecule has 1 aliphatic rings. The Kier molecular flexibility index (Phi) is 4.11. The first kappa shape index (κ1) is 15.0. The molecule has 0 bridgehead atoms. The molecule has 3 rings (SSSR count). The number of fused-ring (bicyclic) bond motifs is 1. The van der Waals surface area contributed by atoms with Crippen LogP contribution in [0.25, 0.3) is 0 Å². The average Bonchev–Trinajstić information content (AvgIpc) is 3.02. The molecule has 0 aliphatic carbocycles. The molecule has 0 fully saturated rings. The second-order valence-electron chi connectivity index (χ2n) is 6.01. The van der Waals surface area contributed by atoms with Crippen molar-refractivity contribution in [1.82, 2.24) is 24.4 Å². The van der Waals surface area contributed by atoms with Gasteiger partial charge < -0.3 is 14.2 Å². The summed E-state index contributed by atoms with van der Waals surface area (Å²) in [4.78, 5) is 15.4. The summed E-state index contributed by atoms with van der Waals surface area (Å²) in [6, 6.07) is 0. The second-order valence-corrected chi connectivity index (χ2v) is 6.01. The van der Waals surface area contributed by atoms with Crippen LogP contribution < -0.4 is 4.74 Å². The number of hydrogen-bond donors (Lipinski definition) is 0. The van der Waals surface area contributed by atoms with Crippen molar-refractivity contribution in [2.45, 2.75) is 39.8 Å². The lowest BCUT2D eigenvalue weighted by Crippen LogP contribution is -2.34. The lowest BCUT2D eigenvalue weighted by molar-refractivity contribution is 0.161. The van der Waals surface area contributed by atoms with Gasteiger partial charge in [-0.3, -0.25) is 0 Å². The van der Waals surface area contributed by atoms with Crippen LogP contribution in [0.2, 0.25) is 0 Å². The minimum atomic E-state index is 0.165. The van der Waals surface area contributed by atoms with Gasteiger partial charge in [0.15, 0.2) is 0 Å². The quantitative estimate of drug-likeness (QED) is 0.838. The van der Waals surface area contributed by atoms with Crippen LogP contribution >= 0.6 is 0 Å². The summed E-state index contributed by atoms with van der Waals surface area (Å²) < 4.78 is 8.15. The molecule has 0 saturated carbocycles. The normalized spacial score (nSPS) is 16.9. The Labute approximate surface area is 131 Å². The Balaban J connectivity index is 1.54. The number of nitrogens with zero attached hydrogens (tertiary/aromatic N) is 5. The lowest BCUT2D eigenvalue weighted by Gasteiger charge is -2.20. The molecule has 6 nitrogen and oxygen atoms in total. The van der Waals surface area contributed by atoms with E-state index in [0.29, 0.717) is 0 Å². The van der Waals surface area contributed by atoms with Gasteiger partial charge in [0, 0.05) is 49.7 Å². The van der Waals surface area contributed by atoms with E-state index < -0.39 is 0 Å². The Hall–Kier alpha value is -1.95. The monoisotopic (exact) mass is 301 g/mol. The Bertz CT molecular complexity index is 667. The van der Waals surface area contributed by atoms with Crippen molar-refractivity contribution >= 4 is 0 Å². The fourth-order valence-corrected chi connectivity index (χ4v) is 2.92. The molecule has 6 heteroatoms. The molecule has 22 heavy (non-hydrogen) atoms. The van der Waals surface area contributed by atoms with Crippen LogP contribution in [-0.4, -0.2) is 50.7 Å². The van der Waals surface area contributed by atoms with E-state index in [2.05, 4.69) is 31.5 Å². The fraction of sp³-hybridized carbons (Fsp3) is 0.562. The maximum atomic E-state index is 5.99. The Morgan fingerprint density at radius 1 is 1.32 bits per heavy atom. The van der Waals surface area contributed by atoms with Gasteiger partial charge in [-0.15, -0.1) is 0 Å². The Morgan fingerprint density at radius 2 is 2.14 bits per heavy atom. The van der Waals surface area contributed by atoms with Crippen LogP contribution in [-0.2, 0) is 13.0 Å². The molecule has 2 aromatic heterocycles. The summed E-state index contributed by atoms with van der Waals surface area (Å²) in [5, 5.41) is 0. The van der Waals surface area contributed by atoms with Gasteiger partial charge in [-0.25, -0.2) is 9.97 Å². The molecular weight excluding hydrogens is 278 g/mol. The molecule has 0 radical (unpaired) electrons. The highest BCUT2D eigenvalue weighted by Gasteiger charge is 2.27. The molecule has 0 amide bonds. The predicted octanol–water partition coefficient (Wildman–Crippen LogP) is 1.53. The van der Waals surface area contributed by atoms with Crippen molar-refractivity contribution in [2.24, 2.45) is 0 Å². The first-order valence-corrected chi connectivity index (χ1v) is 7.70. The first-order chi connectivity index (χ1) is 10.5. The molecule has 1 aliphatic heterocycles. The van der Waals surface area contributed by atoms with Gasteiger partial charge >= 0.3 is 0 Å². The van der Waals surface area contributed by atoms with Crippen molar-refractivity contribution in [3.8, 4) is 5.88 Å². The average molecular weight is 301 g/mol. The third-order valence-corrected chi connectivity index (χ3v) is 4.16. The molecule has 0 aromatic carbocycles. The minimum Gasteiger partial charge on any atom is -0.472 e. The van der Waals surface area contributed by atoms with Crippen molar-refractivity contribution in [3.05, 3.63) is 35.3 Å². The van der Waals surface area contributed by atoms with Gasteiger partial charge in [0.1, 0.15) is 17.8 Å². The van der Waals surface area contributed by atoms with Gasteiger partial charge in [0.05, 0.1) is 0 Å². The van der Waals surface area contributed by atoms with Crippen molar-refractivity contribution < 1.29 is 4.74 Å². The van der Waals surface area contributed by atoms with Gasteiger partial charge in [0.25, 0.3) is 0 Å². The van der Waals surface area contributed by atoms with Crippen LogP contribution in [0.1, 0.15) is 22.9 Å². The molecule has 3 heterocycles. The highest BCUT2D eigenvalue weighted by molar-refractivity contribution is 5.34. The van der Waals surface area contributed by atoms with Gasteiger partial charge in [-0.2, -0.15) is 4.98 Å². The number of ether oxygens (including phenoxy) is 1. The van der Waals surface area contributed by atoms with Crippen molar-refractivity contribution in [3.63, 3.8) is 0 Å². The predicted molar refractivity (Wildman–Crippen MR) is 84.1 cm³/mol. The van der Waals surface area contributed by atoms with Crippen LogP contribution in [0.4, 0.5) is 0 Å². The van der Waals surface area contributed by atoms with E-state index in [1.165, 1.54) is 0 Å². The zero-order valence-electron chi connectivity index (χ0n) is 13.7. The maximum absolute atomic E-state index is 5.99. The lowest BCUT2D eigenvalue weighted by atomic mass is 10.1. The molecular formula is C16H23N5O. The first-order valence-electron chi connectivity index (χ1n) is 7.70. The summed E-state index contributed by atoms with van der Waals surface area (Å²) in [6.07, 6.45) is 4.93. The summed E-state index contributed by atoms with van der Waals surface area (Å²) in [6.45, 7) is 8.77. The van der Waals surface area contributed by atoms with E-state index in [-0.39, 0.29) is 6.10 Å².